The molecule has 1 aromatic carbocycles. The number of ether oxygens (including phenoxy) is 1. The largest absolute Gasteiger partial charge is 0.369 e. The van der Waals surface area contributed by atoms with E-state index in [0.29, 0.717) is 0 Å². The van der Waals surface area contributed by atoms with Gasteiger partial charge in [0.25, 0.3) is 0 Å². The number of rotatable bonds is 7. The summed E-state index contributed by atoms with van der Waals surface area (Å²) < 4.78 is 19.0. The van der Waals surface area contributed by atoms with E-state index in [1.165, 1.54) is 12.1 Å². The summed E-state index contributed by atoms with van der Waals surface area (Å²) >= 11 is 0. The topological polar surface area (TPSA) is 35.2 Å². The molecule has 2 N–H and O–H groups in total. The standard InChI is InChI=1S/C15H24FNO/c1-4-6-11(3)18-15(14(17)5-2)12-7-9-13(16)10-8-12/h7-11,14-15H,4-6,17H2,1-3H3. The minimum atomic E-state index is -0.232. The van der Waals surface area contributed by atoms with Gasteiger partial charge in [-0.1, -0.05) is 32.4 Å². The van der Waals surface area contributed by atoms with Crippen molar-refractivity contribution in [2.75, 3.05) is 0 Å². The fraction of sp³-hybridized carbons (Fsp3) is 0.600. The molecule has 0 aliphatic rings. The third kappa shape index (κ3) is 4.39. The van der Waals surface area contributed by atoms with Gasteiger partial charge in [-0.05, 0) is 37.5 Å². The Labute approximate surface area is 109 Å². The lowest BCUT2D eigenvalue weighted by molar-refractivity contribution is -0.0222. The van der Waals surface area contributed by atoms with Gasteiger partial charge in [0.15, 0.2) is 0 Å². The van der Waals surface area contributed by atoms with E-state index >= 15 is 0 Å². The molecule has 2 nitrogen and oxygen atoms in total. The molecule has 3 unspecified atom stereocenters. The Morgan fingerprint density at radius 1 is 1.22 bits per heavy atom. The maximum atomic E-state index is 12.9. The molecule has 18 heavy (non-hydrogen) atoms. The van der Waals surface area contributed by atoms with Gasteiger partial charge in [-0.2, -0.15) is 0 Å². The first-order valence-corrected chi connectivity index (χ1v) is 6.75. The molecule has 0 aliphatic carbocycles. The fourth-order valence-electron chi connectivity index (χ4n) is 2.02. The van der Waals surface area contributed by atoms with Gasteiger partial charge in [0.2, 0.25) is 0 Å². The molecule has 0 fully saturated rings. The first-order chi connectivity index (χ1) is 8.58. The lowest BCUT2D eigenvalue weighted by Gasteiger charge is -2.27. The number of hydrogen-bond acceptors (Lipinski definition) is 2. The van der Waals surface area contributed by atoms with Crippen molar-refractivity contribution in [2.24, 2.45) is 5.73 Å². The van der Waals surface area contributed by atoms with E-state index in [9.17, 15) is 4.39 Å². The van der Waals surface area contributed by atoms with Crippen molar-refractivity contribution in [2.45, 2.75) is 58.3 Å². The summed E-state index contributed by atoms with van der Waals surface area (Å²) in [6.07, 6.45) is 2.94. The van der Waals surface area contributed by atoms with Gasteiger partial charge in [-0.25, -0.2) is 4.39 Å². The van der Waals surface area contributed by atoms with Gasteiger partial charge < -0.3 is 10.5 Å². The average molecular weight is 253 g/mol. The molecule has 1 aromatic rings. The predicted molar refractivity (Wildman–Crippen MR) is 72.9 cm³/mol. The van der Waals surface area contributed by atoms with Crippen LogP contribution in [0.2, 0.25) is 0 Å². The number of hydrogen-bond donors (Lipinski definition) is 1. The van der Waals surface area contributed by atoms with Crippen LogP contribution in [0.5, 0.6) is 0 Å². The molecule has 0 saturated carbocycles. The fourth-order valence-corrected chi connectivity index (χ4v) is 2.02. The molecular formula is C15H24FNO. The van der Waals surface area contributed by atoms with Crippen LogP contribution in [0, 0.1) is 5.82 Å². The lowest BCUT2D eigenvalue weighted by Crippen LogP contribution is -2.31. The van der Waals surface area contributed by atoms with Gasteiger partial charge in [-0.3, -0.25) is 0 Å². The molecule has 0 saturated heterocycles. The highest BCUT2D eigenvalue weighted by atomic mass is 19.1. The molecule has 0 amide bonds. The summed E-state index contributed by atoms with van der Waals surface area (Å²) in [5.74, 6) is -0.232. The van der Waals surface area contributed by atoms with E-state index in [0.717, 1.165) is 24.8 Å². The summed E-state index contributed by atoms with van der Waals surface area (Å²) in [4.78, 5) is 0. The smallest absolute Gasteiger partial charge is 0.123 e. The summed E-state index contributed by atoms with van der Waals surface area (Å²) in [5.41, 5.74) is 7.07. The van der Waals surface area contributed by atoms with E-state index in [4.69, 9.17) is 10.5 Å². The van der Waals surface area contributed by atoms with Crippen LogP contribution < -0.4 is 5.73 Å². The van der Waals surface area contributed by atoms with E-state index in [-0.39, 0.29) is 24.1 Å². The molecular weight excluding hydrogens is 229 g/mol. The molecule has 0 spiro atoms. The van der Waals surface area contributed by atoms with Crippen LogP contribution in [0.15, 0.2) is 24.3 Å². The van der Waals surface area contributed by atoms with Crippen molar-refractivity contribution >= 4 is 0 Å². The third-order valence-corrected chi connectivity index (χ3v) is 3.13. The Kier molecular flexibility index (Phi) is 6.30. The number of halogens is 1. The van der Waals surface area contributed by atoms with Crippen molar-refractivity contribution in [1.82, 2.24) is 0 Å². The molecule has 102 valence electrons. The first-order valence-electron chi connectivity index (χ1n) is 6.75. The summed E-state index contributed by atoms with van der Waals surface area (Å²) in [7, 11) is 0. The average Bonchev–Trinajstić information content (AvgIpc) is 2.36. The van der Waals surface area contributed by atoms with E-state index in [1.807, 2.05) is 6.92 Å². The lowest BCUT2D eigenvalue weighted by atomic mass is 10.0. The summed E-state index contributed by atoms with van der Waals surface area (Å²) in [5, 5.41) is 0. The van der Waals surface area contributed by atoms with Crippen LogP contribution in [0.1, 0.15) is 51.7 Å². The van der Waals surface area contributed by atoms with E-state index in [1.54, 1.807) is 12.1 Å². The predicted octanol–water partition coefficient (Wildman–Crippen LogP) is 3.81. The summed E-state index contributed by atoms with van der Waals surface area (Å²) in [6, 6.07) is 6.37. The zero-order chi connectivity index (χ0) is 13.5. The first kappa shape index (κ1) is 15.1. The zero-order valence-electron chi connectivity index (χ0n) is 11.5. The molecule has 1 rings (SSSR count). The molecule has 0 radical (unpaired) electrons. The highest BCUT2D eigenvalue weighted by molar-refractivity contribution is 5.20. The van der Waals surface area contributed by atoms with Gasteiger partial charge in [-0.15, -0.1) is 0 Å². The maximum Gasteiger partial charge on any atom is 0.123 e. The SMILES string of the molecule is CCCC(C)OC(c1ccc(F)cc1)C(N)CC. The van der Waals surface area contributed by atoms with Crippen molar-refractivity contribution in [3.63, 3.8) is 0 Å². The number of benzene rings is 1. The molecule has 3 heteroatoms. The second kappa shape index (κ2) is 7.49. The van der Waals surface area contributed by atoms with Crippen LogP contribution in [-0.4, -0.2) is 12.1 Å². The van der Waals surface area contributed by atoms with Gasteiger partial charge in [0.1, 0.15) is 5.82 Å². The van der Waals surface area contributed by atoms with Gasteiger partial charge >= 0.3 is 0 Å². The molecule has 0 bridgehead atoms. The van der Waals surface area contributed by atoms with Crippen LogP contribution in [0.25, 0.3) is 0 Å². The van der Waals surface area contributed by atoms with Crippen molar-refractivity contribution < 1.29 is 9.13 Å². The molecule has 0 heterocycles. The van der Waals surface area contributed by atoms with Crippen LogP contribution >= 0.6 is 0 Å². The Bertz CT molecular complexity index is 339. The van der Waals surface area contributed by atoms with E-state index < -0.39 is 0 Å². The number of nitrogens with two attached hydrogens (primary N) is 1. The normalized spacial score (nSPS) is 16.3. The van der Waals surface area contributed by atoms with Crippen molar-refractivity contribution in [3.8, 4) is 0 Å². The van der Waals surface area contributed by atoms with Gasteiger partial charge in [0, 0.05) is 6.04 Å². The van der Waals surface area contributed by atoms with Crippen molar-refractivity contribution in [1.29, 1.82) is 0 Å². The highest BCUT2D eigenvalue weighted by Gasteiger charge is 2.21. The van der Waals surface area contributed by atoms with Crippen LogP contribution in [0.3, 0.4) is 0 Å². The third-order valence-electron chi connectivity index (χ3n) is 3.13. The Balaban J connectivity index is 2.80. The Morgan fingerprint density at radius 3 is 2.33 bits per heavy atom. The second-order valence-electron chi connectivity index (χ2n) is 4.78. The molecule has 3 atom stereocenters. The Morgan fingerprint density at radius 2 is 1.83 bits per heavy atom. The zero-order valence-corrected chi connectivity index (χ0v) is 11.5. The maximum absolute atomic E-state index is 12.9. The van der Waals surface area contributed by atoms with Crippen molar-refractivity contribution in [3.05, 3.63) is 35.6 Å². The quantitative estimate of drug-likeness (QED) is 0.802. The minimum Gasteiger partial charge on any atom is -0.369 e. The summed E-state index contributed by atoms with van der Waals surface area (Å²) in [6.45, 7) is 6.23. The van der Waals surface area contributed by atoms with E-state index in [2.05, 4.69) is 13.8 Å². The molecule has 0 aliphatic heterocycles. The van der Waals surface area contributed by atoms with Gasteiger partial charge in [0.05, 0.1) is 12.2 Å². The van der Waals surface area contributed by atoms with Crippen LogP contribution in [0.4, 0.5) is 4.39 Å². The molecule has 0 aromatic heterocycles. The Hall–Kier alpha value is -0.930. The minimum absolute atomic E-state index is 0.0604. The highest BCUT2D eigenvalue weighted by Crippen LogP contribution is 2.25. The monoisotopic (exact) mass is 253 g/mol. The second-order valence-corrected chi connectivity index (χ2v) is 4.78. The van der Waals surface area contributed by atoms with Crippen LogP contribution in [-0.2, 0) is 4.74 Å².